The summed E-state index contributed by atoms with van der Waals surface area (Å²) in [5.41, 5.74) is 7.26. The van der Waals surface area contributed by atoms with Crippen LogP contribution in [0.1, 0.15) is 25.5 Å². The fourth-order valence-electron chi connectivity index (χ4n) is 2.88. The standard InChI is InChI=1S/C16H26N2O2S/c1-11-12(2)21-6-5-18(11)16(10-17)13-7-14(19-3)9-15(8-13)20-4/h7-9,11-12,16H,5-6,10,17H2,1-4H3. The van der Waals surface area contributed by atoms with E-state index in [1.807, 2.05) is 17.8 Å². The summed E-state index contributed by atoms with van der Waals surface area (Å²) >= 11 is 2.04. The molecule has 5 heteroatoms. The predicted molar refractivity (Wildman–Crippen MR) is 89.4 cm³/mol. The molecule has 2 rings (SSSR count). The molecule has 0 saturated carbocycles. The second kappa shape index (κ2) is 7.38. The predicted octanol–water partition coefficient (Wildman–Crippen LogP) is 2.53. The van der Waals surface area contributed by atoms with Crippen LogP contribution >= 0.6 is 11.8 Å². The Morgan fingerprint density at radius 2 is 1.86 bits per heavy atom. The van der Waals surface area contributed by atoms with E-state index in [-0.39, 0.29) is 6.04 Å². The maximum absolute atomic E-state index is 6.10. The van der Waals surface area contributed by atoms with Gasteiger partial charge in [0.2, 0.25) is 0 Å². The lowest BCUT2D eigenvalue weighted by atomic mass is 10.0. The van der Waals surface area contributed by atoms with E-state index in [0.29, 0.717) is 17.8 Å². The summed E-state index contributed by atoms with van der Waals surface area (Å²) in [4.78, 5) is 2.51. The van der Waals surface area contributed by atoms with E-state index in [0.717, 1.165) is 23.8 Å². The summed E-state index contributed by atoms with van der Waals surface area (Å²) in [5.74, 6) is 2.79. The van der Waals surface area contributed by atoms with Crippen molar-refractivity contribution in [1.82, 2.24) is 4.90 Å². The first-order valence-corrected chi connectivity index (χ1v) is 8.46. The number of hydrogen-bond donors (Lipinski definition) is 1. The third-order valence-electron chi connectivity index (χ3n) is 4.31. The Morgan fingerprint density at radius 1 is 1.24 bits per heavy atom. The summed E-state index contributed by atoms with van der Waals surface area (Å²) in [7, 11) is 3.36. The number of nitrogens with two attached hydrogens (primary N) is 1. The first-order chi connectivity index (χ1) is 10.1. The van der Waals surface area contributed by atoms with Gasteiger partial charge in [-0.1, -0.05) is 6.92 Å². The third-order valence-corrected chi connectivity index (χ3v) is 5.65. The molecule has 0 amide bonds. The van der Waals surface area contributed by atoms with Gasteiger partial charge in [-0.15, -0.1) is 0 Å². The smallest absolute Gasteiger partial charge is 0.122 e. The van der Waals surface area contributed by atoms with Crippen LogP contribution in [0.2, 0.25) is 0 Å². The highest BCUT2D eigenvalue weighted by molar-refractivity contribution is 8.00. The molecule has 1 fully saturated rings. The molecule has 0 bridgehead atoms. The molecule has 2 N–H and O–H groups in total. The van der Waals surface area contributed by atoms with Gasteiger partial charge in [0.05, 0.1) is 14.2 Å². The average Bonchev–Trinajstić information content (AvgIpc) is 2.51. The van der Waals surface area contributed by atoms with Gasteiger partial charge in [0.1, 0.15) is 11.5 Å². The van der Waals surface area contributed by atoms with Gasteiger partial charge in [-0.25, -0.2) is 0 Å². The van der Waals surface area contributed by atoms with Gasteiger partial charge in [0, 0.05) is 42.2 Å². The zero-order chi connectivity index (χ0) is 15.4. The lowest BCUT2D eigenvalue weighted by Gasteiger charge is -2.42. The number of ether oxygens (including phenoxy) is 2. The van der Waals surface area contributed by atoms with Gasteiger partial charge in [-0.2, -0.15) is 11.8 Å². The van der Waals surface area contributed by atoms with Crippen molar-refractivity contribution in [3.05, 3.63) is 23.8 Å². The highest BCUT2D eigenvalue weighted by Gasteiger charge is 2.31. The van der Waals surface area contributed by atoms with Crippen molar-refractivity contribution in [3.8, 4) is 11.5 Å². The zero-order valence-corrected chi connectivity index (χ0v) is 14.2. The third kappa shape index (κ3) is 3.65. The molecule has 1 aromatic rings. The van der Waals surface area contributed by atoms with E-state index in [2.05, 4.69) is 30.9 Å². The number of thioether (sulfide) groups is 1. The van der Waals surface area contributed by atoms with Gasteiger partial charge < -0.3 is 15.2 Å². The molecule has 0 aromatic heterocycles. The molecule has 118 valence electrons. The molecule has 0 spiro atoms. The SMILES string of the molecule is COc1cc(OC)cc(C(CN)N2CCSC(C)C2C)c1. The average molecular weight is 310 g/mol. The van der Waals surface area contributed by atoms with Crippen LogP contribution in [0.4, 0.5) is 0 Å². The van der Waals surface area contributed by atoms with Gasteiger partial charge in [0.15, 0.2) is 0 Å². The quantitative estimate of drug-likeness (QED) is 0.905. The van der Waals surface area contributed by atoms with Crippen LogP contribution in [-0.2, 0) is 0 Å². The molecule has 1 heterocycles. The lowest BCUT2D eigenvalue weighted by Crippen LogP contribution is -2.48. The number of nitrogens with zero attached hydrogens (tertiary/aromatic N) is 1. The zero-order valence-electron chi connectivity index (χ0n) is 13.3. The van der Waals surface area contributed by atoms with Gasteiger partial charge in [-0.3, -0.25) is 4.90 Å². The Bertz CT molecular complexity index is 447. The minimum atomic E-state index is 0.201. The Labute approximate surface area is 132 Å². The normalized spacial score (nSPS) is 24.6. The largest absolute Gasteiger partial charge is 0.497 e. The van der Waals surface area contributed by atoms with Crippen molar-refractivity contribution in [1.29, 1.82) is 0 Å². The highest BCUT2D eigenvalue weighted by atomic mass is 32.2. The van der Waals surface area contributed by atoms with Crippen molar-refractivity contribution in [2.24, 2.45) is 5.73 Å². The van der Waals surface area contributed by atoms with E-state index in [1.54, 1.807) is 14.2 Å². The molecule has 1 aliphatic rings. The number of hydrogen-bond acceptors (Lipinski definition) is 5. The Morgan fingerprint density at radius 3 is 2.38 bits per heavy atom. The van der Waals surface area contributed by atoms with Crippen LogP contribution in [0.25, 0.3) is 0 Å². The Balaban J connectivity index is 2.31. The maximum atomic E-state index is 6.10. The molecule has 1 aromatic carbocycles. The molecular weight excluding hydrogens is 284 g/mol. The minimum absolute atomic E-state index is 0.201. The summed E-state index contributed by atoms with van der Waals surface area (Å²) in [6, 6.07) is 6.75. The second-order valence-electron chi connectivity index (χ2n) is 5.45. The molecule has 21 heavy (non-hydrogen) atoms. The monoisotopic (exact) mass is 310 g/mol. The molecular formula is C16H26N2O2S. The molecule has 0 radical (unpaired) electrons. The number of rotatable bonds is 5. The van der Waals surface area contributed by atoms with Crippen LogP contribution in [0.15, 0.2) is 18.2 Å². The van der Waals surface area contributed by atoms with Gasteiger partial charge in [-0.05, 0) is 24.6 Å². The summed E-state index contributed by atoms with van der Waals surface area (Å²) < 4.78 is 10.8. The topological polar surface area (TPSA) is 47.7 Å². The van der Waals surface area contributed by atoms with Crippen LogP contribution in [0, 0.1) is 0 Å². The van der Waals surface area contributed by atoms with Crippen LogP contribution in [-0.4, -0.2) is 49.3 Å². The van der Waals surface area contributed by atoms with Gasteiger partial charge in [0.25, 0.3) is 0 Å². The van der Waals surface area contributed by atoms with Crippen molar-refractivity contribution in [2.45, 2.75) is 31.2 Å². The molecule has 0 aliphatic carbocycles. The van der Waals surface area contributed by atoms with Crippen molar-refractivity contribution in [3.63, 3.8) is 0 Å². The summed E-state index contributed by atoms with van der Waals surface area (Å²) in [6.45, 7) is 6.24. The molecule has 1 aliphatic heterocycles. The van der Waals surface area contributed by atoms with E-state index in [9.17, 15) is 0 Å². The fraction of sp³-hybridized carbons (Fsp3) is 0.625. The molecule has 3 unspecified atom stereocenters. The van der Waals surface area contributed by atoms with Crippen LogP contribution in [0.3, 0.4) is 0 Å². The van der Waals surface area contributed by atoms with Crippen molar-refractivity contribution in [2.75, 3.05) is 33.1 Å². The van der Waals surface area contributed by atoms with Crippen LogP contribution < -0.4 is 15.2 Å². The maximum Gasteiger partial charge on any atom is 0.122 e. The first-order valence-electron chi connectivity index (χ1n) is 7.41. The summed E-state index contributed by atoms with van der Waals surface area (Å²) in [5, 5.41) is 0.625. The molecule has 4 nitrogen and oxygen atoms in total. The van der Waals surface area contributed by atoms with E-state index in [1.165, 1.54) is 5.56 Å². The number of benzene rings is 1. The Hall–Kier alpha value is -0.910. The Kier molecular flexibility index (Phi) is 5.79. The van der Waals surface area contributed by atoms with Crippen molar-refractivity contribution >= 4 is 11.8 Å². The van der Waals surface area contributed by atoms with Crippen molar-refractivity contribution < 1.29 is 9.47 Å². The van der Waals surface area contributed by atoms with E-state index < -0.39 is 0 Å². The number of methoxy groups -OCH3 is 2. The minimum Gasteiger partial charge on any atom is -0.497 e. The van der Waals surface area contributed by atoms with Gasteiger partial charge >= 0.3 is 0 Å². The van der Waals surface area contributed by atoms with E-state index >= 15 is 0 Å². The molecule has 1 saturated heterocycles. The van der Waals surface area contributed by atoms with E-state index in [4.69, 9.17) is 15.2 Å². The first kappa shape index (κ1) is 16.5. The molecule has 3 atom stereocenters. The lowest BCUT2D eigenvalue weighted by molar-refractivity contribution is 0.150. The summed E-state index contributed by atoms with van der Waals surface area (Å²) in [6.07, 6.45) is 0. The fourth-order valence-corrected chi connectivity index (χ4v) is 4.00. The second-order valence-corrected chi connectivity index (χ2v) is 6.94. The van der Waals surface area contributed by atoms with Crippen LogP contribution in [0.5, 0.6) is 11.5 Å². The highest BCUT2D eigenvalue weighted by Crippen LogP contribution is 2.34.